The molecule has 0 bridgehead atoms. The lowest BCUT2D eigenvalue weighted by atomic mass is 10.4. The molecule has 6 heteroatoms. The van der Waals surface area contributed by atoms with Crippen LogP contribution in [0.15, 0.2) is 12.3 Å². The number of carbonyl (C=O) groups excluding carboxylic acids is 2. The third kappa shape index (κ3) is 5.04. The number of aliphatic carboxylic acids is 1. The van der Waals surface area contributed by atoms with E-state index in [0.717, 1.165) is 17.2 Å². The standard InChI is InChI=1S/C8H12N2O4/c1-6(11)2-3-10(5-8(13)14)7(12)4-9/h2-3H,4-5,9H2,1H3,(H,13,14)/b3-2+. The molecule has 14 heavy (non-hydrogen) atoms. The van der Waals surface area contributed by atoms with Gasteiger partial charge in [0.05, 0.1) is 6.54 Å². The van der Waals surface area contributed by atoms with E-state index in [0.29, 0.717) is 0 Å². The second kappa shape index (κ2) is 5.87. The summed E-state index contributed by atoms with van der Waals surface area (Å²) in [5.41, 5.74) is 5.05. The van der Waals surface area contributed by atoms with Gasteiger partial charge in [0.15, 0.2) is 5.78 Å². The number of ketones is 1. The number of carboxylic acid groups (broad SMARTS) is 1. The summed E-state index contributed by atoms with van der Waals surface area (Å²) in [6.45, 7) is 0.498. The zero-order chi connectivity index (χ0) is 11.1. The van der Waals surface area contributed by atoms with Gasteiger partial charge in [-0.1, -0.05) is 0 Å². The van der Waals surface area contributed by atoms with E-state index in [4.69, 9.17) is 10.8 Å². The number of nitrogens with two attached hydrogens (primary N) is 1. The fourth-order valence-corrected chi connectivity index (χ4v) is 0.682. The Morgan fingerprint density at radius 3 is 2.36 bits per heavy atom. The Labute approximate surface area is 81.0 Å². The van der Waals surface area contributed by atoms with E-state index >= 15 is 0 Å². The molecule has 0 saturated carbocycles. The third-order valence-electron chi connectivity index (χ3n) is 1.29. The average Bonchev–Trinajstić information content (AvgIpc) is 2.10. The maximum Gasteiger partial charge on any atom is 0.323 e. The van der Waals surface area contributed by atoms with Gasteiger partial charge in [0.2, 0.25) is 5.91 Å². The summed E-state index contributed by atoms with van der Waals surface area (Å²) in [5, 5.41) is 8.44. The van der Waals surface area contributed by atoms with Crippen molar-refractivity contribution >= 4 is 17.7 Å². The lowest BCUT2D eigenvalue weighted by molar-refractivity contribution is -0.142. The number of allylic oxidation sites excluding steroid dienone is 1. The second-order valence-electron chi connectivity index (χ2n) is 2.55. The molecule has 0 rings (SSSR count). The molecular formula is C8H12N2O4. The highest BCUT2D eigenvalue weighted by atomic mass is 16.4. The highest BCUT2D eigenvalue weighted by molar-refractivity contribution is 5.89. The predicted octanol–water partition coefficient (Wildman–Crippen LogP) is -1.04. The van der Waals surface area contributed by atoms with Crippen LogP contribution in [0.2, 0.25) is 0 Å². The van der Waals surface area contributed by atoms with Crippen LogP contribution in [0.1, 0.15) is 6.92 Å². The van der Waals surface area contributed by atoms with E-state index in [-0.39, 0.29) is 12.3 Å². The van der Waals surface area contributed by atoms with Crippen LogP contribution >= 0.6 is 0 Å². The van der Waals surface area contributed by atoms with E-state index in [1.807, 2.05) is 0 Å². The molecule has 78 valence electrons. The first-order chi connectivity index (χ1) is 6.47. The van der Waals surface area contributed by atoms with Gasteiger partial charge in [0.1, 0.15) is 6.54 Å². The second-order valence-corrected chi connectivity index (χ2v) is 2.55. The number of hydrogen-bond acceptors (Lipinski definition) is 4. The van der Waals surface area contributed by atoms with Crippen molar-refractivity contribution in [1.82, 2.24) is 4.90 Å². The van der Waals surface area contributed by atoms with Gasteiger partial charge < -0.3 is 15.7 Å². The molecule has 0 aromatic carbocycles. The maximum absolute atomic E-state index is 11.0. The molecule has 0 unspecified atom stereocenters. The molecule has 0 heterocycles. The topological polar surface area (TPSA) is 101 Å². The van der Waals surface area contributed by atoms with Gasteiger partial charge >= 0.3 is 5.97 Å². The molecule has 0 radical (unpaired) electrons. The average molecular weight is 200 g/mol. The first kappa shape index (κ1) is 12.3. The van der Waals surface area contributed by atoms with E-state index in [9.17, 15) is 14.4 Å². The van der Waals surface area contributed by atoms with Crippen LogP contribution in [0.3, 0.4) is 0 Å². The number of nitrogens with zero attached hydrogens (tertiary/aromatic N) is 1. The molecule has 1 amide bonds. The highest BCUT2D eigenvalue weighted by Gasteiger charge is 2.12. The largest absolute Gasteiger partial charge is 0.480 e. The van der Waals surface area contributed by atoms with Crippen molar-refractivity contribution in [3.8, 4) is 0 Å². The van der Waals surface area contributed by atoms with Gasteiger partial charge in [-0.05, 0) is 13.0 Å². The zero-order valence-corrected chi connectivity index (χ0v) is 7.77. The Balaban J connectivity index is 4.47. The Morgan fingerprint density at radius 1 is 1.43 bits per heavy atom. The van der Waals surface area contributed by atoms with Gasteiger partial charge in [0.25, 0.3) is 0 Å². The predicted molar refractivity (Wildman–Crippen MR) is 48.2 cm³/mol. The molecule has 0 aromatic heterocycles. The van der Waals surface area contributed by atoms with E-state index in [1.165, 1.54) is 6.92 Å². The zero-order valence-electron chi connectivity index (χ0n) is 7.77. The number of carboxylic acids is 1. The van der Waals surface area contributed by atoms with Crippen molar-refractivity contribution in [3.63, 3.8) is 0 Å². The van der Waals surface area contributed by atoms with Crippen LogP contribution in [-0.2, 0) is 14.4 Å². The molecule has 6 nitrogen and oxygen atoms in total. The van der Waals surface area contributed by atoms with Crippen LogP contribution in [0.25, 0.3) is 0 Å². The first-order valence-electron chi connectivity index (χ1n) is 3.87. The summed E-state index contributed by atoms with van der Waals surface area (Å²) in [6, 6.07) is 0. The van der Waals surface area contributed by atoms with Gasteiger partial charge in [-0.15, -0.1) is 0 Å². The Bertz CT molecular complexity index is 273. The third-order valence-corrected chi connectivity index (χ3v) is 1.29. The van der Waals surface area contributed by atoms with Crippen molar-refractivity contribution < 1.29 is 19.5 Å². The van der Waals surface area contributed by atoms with Gasteiger partial charge in [-0.25, -0.2) is 0 Å². The number of carbonyl (C=O) groups is 3. The smallest absolute Gasteiger partial charge is 0.323 e. The van der Waals surface area contributed by atoms with Crippen molar-refractivity contribution in [2.24, 2.45) is 5.73 Å². The quantitative estimate of drug-likeness (QED) is 0.552. The monoisotopic (exact) mass is 200 g/mol. The van der Waals surface area contributed by atoms with Gasteiger partial charge in [0, 0.05) is 6.20 Å². The summed E-state index contributed by atoms with van der Waals surface area (Å²) in [7, 11) is 0. The maximum atomic E-state index is 11.0. The highest BCUT2D eigenvalue weighted by Crippen LogP contribution is 1.91. The van der Waals surface area contributed by atoms with Crippen LogP contribution in [-0.4, -0.2) is 40.8 Å². The Kier molecular flexibility index (Phi) is 5.16. The fraction of sp³-hybridized carbons (Fsp3) is 0.375. The van der Waals surface area contributed by atoms with Crippen molar-refractivity contribution in [3.05, 3.63) is 12.3 Å². The van der Waals surface area contributed by atoms with E-state index in [1.54, 1.807) is 0 Å². The molecule has 3 N–H and O–H groups in total. The first-order valence-corrected chi connectivity index (χ1v) is 3.87. The number of amides is 1. The summed E-state index contributed by atoms with van der Waals surface area (Å²) in [4.78, 5) is 32.8. The lowest BCUT2D eigenvalue weighted by Crippen LogP contribution is -2.35. The molecule has 0 atom stereocenters. The number of hydrogen-bond donors (Lipinski definition) is 2. The minimum atomic E-state index is -1.17. The minimum Gasteiger partial charge on any atom is -0.480 e. The van der Waals surface area contributed by atoms with Crippen molar-refractivity contribution in [2.75, 3.05) is 13.1 Å². The molecule has 0 spiro atoms. The SMILES string of the molecule is CC(=O)/C=C/N(CC(=O)O)C(=O)CN. The van der Waals surface area contributed by atoms with Gasteiger partial charge in [-0.3, -0.25) is 14.4 Å². The molecule has 0 aliphatic rings. The summed E-state index contributed by atoms with van der Waals surface area (Å²) in [6.07, 6.45) is 2.22. The van der Waals surface area contributed by atoms with E-state index in [2.05, 4.69) is 0 Å². The van der Waals surface area contributed by atoms with Crippen LogP contribution in [0.4, 0.5) is 0 Å². The number of rotatable bonds is 5. The molecule has 0 aliphatic carbocycles. The minimum absolute atomic E-state index is 0.273. The van der Waals surface area contributed by atoms with Crippen molar-refractivity contribution in [2.45, 2.75) is 6.92 Å². The summed E-state index contributed by atoms with van der Waals surface area (Å²) in [5.74, 6) is -1.99. The van der Waals surface area contributed by atoms with Crippen LogP contribution in [0, 0.1) is 0 Å². The molecule has 0 fully saturated rings. The Hall–Kier alpha value is -1.69. The normalized spacial score (nSPS) is 10.1. The molecule has 0 aliphatic heterocycles. The molecule has 0 saturated heterocycles. The van der Waals surface area contributed by atoms with Crippen LogP contribution in [0.5, 0.6) is 0 Å². The molecule has 0 aromatic rings. The van der Waals surface area contributed by atoms with Gasteiger partial charge in [-0.2, -0.15) is 0 Å². The Morgan fingerprint density at radius 2 is 2.00 bits per heavy atom. The summed E-state index contributed by atoms with van der Waals surface area (Å²) < 4.78 is 0. The van der Waals surface area contributed by atoms with Crippen LogP contribution < -0.4 is 5.73 Å². The fourth-order valence-electron chi connectivity index (χ4n) is 0.682. The van der Waals surface area contributed by atoms with Crippen molar-refractivity contribution in [1.29, 1.82) is 0 Å². The molecular weight excluding hydrogens is 188 g/mol. The summed E-state index contributed by atoms with van der Waals surface area (Å²) >= 11 is 0. The van der Waals surface area contributed by atoms with E-state index < -0.39 is 18.4 Å². The lowest BCUT2D eigenvalue weighted by Gasteiger charge is -2.14.